The van der Waals surface area contributed by atoms with E-state index in [4.69, 9.17) is 10.3 Å². The lowest BCUT2D eigenvalue weighted by Crippen LogP contribution is -1.81. The Balaban J connectivity index is 3.08. The summed E-state index contributed by atoms with van der Waals surface area (Å²) in [5, 5.41) is 3.02. The monoisotopic (exact) mass is 135 g/mol. The molecule has 0 saturated heterocycles. The Morgan fingerprint density at radius 1 is 1.40 bits per heavy atom. The van der Waals surface area contributed by atoms with Crippen LogP contribution in [-0.4, -0.2) is 7.11 Å². The molecule has 0 saturated carbocycles. The van der Waals surface area contributed by atoms with Crippen molar-refractivity contribution in [1.29, 1.82) is 0 Å². The summed E-state index contributed by atoms with van der Waals surface area (Å²) in [5.74, 6) is 0.574. The molecule has 0 amide bonds. The third-order valence-electron chi connectivity index (χ3n) is 1.19. The molecule has 0 heterocycles. The first-order valence-electron chi connectivity index (χ1n) is 2.86. The van der Waals surface area contributed by atoms with Crippen LogP contribution in [0.15, 0.2) is 29.4 Å². The Labute approximate surface area is 59.1 Å². The van der Waals surface area contributed by atoms with Crippen molar-refractivity contribution in [3.8, 4) is 5.75 Å². The van der Waals surface area contributed by atoms with Crippen LogP contribution >= 0.6 is 0 Å². The Kier molecular flexibility index (Phi) is 1.99. The first-order chi connectivity index (χ1) is 4.88. The fourth-order valence-electron chi connectivity index (χ4n) is 0.712. The molecule has 0 aromatic heterocycles. The number of ether oxygens (including phenoxy) is 1. The molecule has 0 unspecified atom stereocenters. The highest BCUT2D eigenvalue weighted by molar-refractivity contribution is 5.50. The number of nitrogens with zero attached hydrogens (tertiary/aromatic N) is 2. The molecule has 0 bridgehead atoms. The van der Waals surface area contributed by atoms with Gasteiger partial charge in [-0.2, -0.15) is 0 Å². The summed E-state index contributed by atoms with van der Waals surface area (Å²) in [6.07, 6.45) is 0. The van der Waals surface area contributed by atoms with Crippen LogP contribution in [0.4, 0.5) is 5.69 Å². The maximum atomic E-state index is 8.39. The van der Waals surface area contributed by atoms with E-state index in [0.29, 0.717) is 11.4 Å². The number of benzene rings is 1. The molecular formula is C7H7N2O. The standard InChI is InChI=1S/C7H7N2O/c1-10-7-5-3-2-4-6(7)9-8/h2-5H,1H3. The second-order valence-electron chi connectivity index (χ2n) is 1.77. The van der Waals surface area contributed by atoms with E-state index in [9.17, 15) is 0 Å². The minimum atomic E-state index is 0.449. The number of hydrogen-bond donors (Lipinski definition) is 0. The second kappa shape index (κ2) is 2.96. The van der Waals surface area contributed by atoms with Crippen LogP contribution in [0.2, 0.25) is 0 Å². The van der Waals surface area contributed by atoms with Crippen LogP contribution < -0.4 is 10.3 Å². The summed E-state index contributed by atoms with van der Waals surface area (Å²) in [7, 11) is 1.53. The zero-order valence-corrected chi connectivity index (χ0v) is 5.61. The van der Waals surface area contributed by atoms with Gasteiger partial charge in [-0.1, -0.05) is 12.1 Å². The Morgan fingerprint density at radius 2 is 2.10 bits per heavy atom. The van der Waals surface area contributed by atoms with Gasteiger partial charge in [0.1, 0.15) is 11.4 Å². The fourth-order valence-corrected chi connectivity index (χ4v) is 0.712. The topological polar surface area (TPSA) is 43.9 Å². The van der Waals surface area contributed by atoms with E-state index in [0.717, 1.165) is 0 Å². The Morgan fingerprint density at radius 3 is 2.60 bits per heavy atom. The van der Waals surface area contributed by atoms with E-state index < -0.39 is 0 Å². The molecule has 1 aromatic carbocycles. The van der Waals surface area contributed by atoms with Gasteiger partial charge in [-0.25, -0.2) is 0 Å². The molecule has 10 heavy (non-hydrogen) atoms. The molecule has 0 aliphatic carbocycles. The first kappa shape index (κ1) is 6.74. The van der Waals surface area contributed by atoms with Crippen molar-refractivity contribution >= 4 is 5.69 Å². The lowest BCUT2D eigenvalue weighted by atomic mass is 10.3. The predicted molar refractivity (Wildman–Crippen MR) is 37.2 cm³/mol. The van der Waals surface area contributed by atoms with Crippen molar-refractivity contribution < 1.29 is 4.74 Å². The highest BCUT2D eigenvalue weighted by atomic mass is 16.5. The van der Waals surface area contributed by atoms with Crippen LogP contribution in [0, 0.1) is 0 Å². The van der Waals surface area contributed by atoms with Gasteiger partial charge in [0.15, 0.2) is 0 Å². The van der Waals surface area contributed by atoms with Gasteiger partial charge in [0.05, 0.1) is 7.11 Å². The molecule has 3 heteroatoms. The molecule has 1 aromatic rings. The zero-order valence-electron chi connectivity index (χ0n) is 5.61. The van der Waals surface area contributed by atoms with Crippen LogP contribution in [0.5, 0.6) is 5.75 Å². The average molecular weight is 135 g/mol. The maximum Gasteiger partial charge on any atom is 0.146 e. The smallest absolute Gasteiger partial charge is 0.146 e. The van der Waals surface area contributed by atoms with Gasteiger partial charge in [0.25, 0.3) is 0 Å². The molecule has 0 aliphatic rings. The minimum Gasteiger partial charge on any atom is -0.494 e. The van der Waals surface area contributed by atoms with Crippen molar-refractivity contribution in [3.05, 3.63) is 24.3 Å². The first-order valence-corrected chi connectivity index (χ1v) is 2.86. The molecular weight excluding hydrogens is 128 g/mol. The van der Waals surface area contributed by atoms with Gasteiger partial charge in [-0.05, 0) is 17.7 Å². The summed E-state index contributed by atoms with van der Waals surface area (Å²) < 4.78 is 4.88. The maximum absolute atomic E-state index is 8.39. The van der Waals surface area contributed by atoms with Crippen molar-refractivity contribution in [1.82, 2.24) is 5.53 Å². The molecule has 0 N–H and O–H groups in total. The van der Waals surface area contributed by atoms with Gasteiger partial charge in [0.2, 0.25) is 0 Å². The zero-order chi connectivity index (χ0) is 7.40. The van der Waals surface area contributed by atoms with Crippen molar-refractivity contribution in [2.45, 2.75) is 0 Å². The molecule has 51 valence electrons. The van der Waals surface area contributed by atoms with Crippen LogP contribution in [-0.2, 0) is 0 Å². The number of hydrogen-bond acceptors (Lipinski definition) is 2. The number of para-hydroxylation sites is 1. The van der Waals surface area contributed by atoms with Gasteiger partial charge in [0, 0.05) is 0 Å². The molecule has 0 aliphatic heterocycles. The van der Waals surface area contributed by atoms with E-state index in [1.54, 1.807) is 18.2 Å². The normalized spacial score (nSPS) is 8.90. The van der Waals surface area contributed by atoms with Gasteiger partial charge >= 0.3 is 0 Å². The molecule has 1 rings (SSSR count). The van der Waals surface area contributed by atoms with E-state index in [1.165, 1.54) is 7.11 Å². The van der Waals surface area contributed by atoms with Crippen molar-refractivity contribution in [2.24, 2.45) is 5.11 Å². The van der Waals surface area contributed by atoms with Crippen LogP contribution in [0.25, 0.3) is 0 Å². The quantitative estimate of drug-likeness (QED) is 0.567. The van der Waals surface area contributed by atoms with E-state index in [1.807, 2.05) is 6.07 Å². The molecule has 0 atom stereocenters. The molecule has 3 nitrogen and oxygen atoms in total. The summed E-state index contributed by atoms with van der Waals surface area (Å²) in [6.45, 7) is 0. The predicted octanol–water partition coefficient (Wildman–Crippen LogP) is 1.58. The largest absolute Gasteiger partial charge is 0.494 e. The molecule has 0 fully saturated rings. The average Bonchev–Trinajstić information content (AvgIpc) is 2.04. The SMILES string of the molecule is COc1ccccc1N=[N]. The second-order valence-corrected chi connectivity index (χ2v) is 1.77. The highest BCUT2D eigenvalue weighted by Crippen LogP contribution is 2.24. The number of rotatable bonds is 2. The fraction of sp³-hybridized carbons (Fsp3) is 0.143. The van der Waals surface area contributed by atoms with Crippen molar-refractivity contribution in [3.63, 3.8) is 0 Å². The number of methoxy groups -OCH3 is 1. The Bertz CT molecular complexity index is 235. The summed E-state index contributed by atoms with van der Waals surface area (Å²) >= 11 is 0. The highest BCUT2D eigenvalue weighted by Gasteiger charge is 1.96. The Hall–Kier alpha value is -1.38. The van der Waals surface area contributed by atoms with E-state index in [2.05, 4.69) is 5.11 Å². The van der Waals surface area contributed by atoms with Crippen molar-refractivity contribution in [2.75, 3.05) is 7.11 Å². The van der Waals surface area contributed by atoms with E-state index >= 15 is 0 Å². The van der Waals surface area contributed by atoms with Gasteiger partial charge in [-0.15, -0.1) is 5.11 Å². The third kappa shape index (κ3) is 1.13. The summed E-state index contributed by atoms with van der Waals surface area (Å²) in [5.41, 5.74) is 8.84. The lowest BCUT2D eigenvalue weighted by molar-refractivity contribution is 0.416. The van der Waals surface area contributed by atoms with E-state index in [-0.39, 0.29) is 0 Å². The van der Waals surface area contributed by atoms with Gasteiger partial charge < -0.3 is 4.74 Å². The third-order valence-corrected chi connectivity index (χ3v) is 1.19. The molecule has 1 radical (unpaired) electrons. The molecule has 0 spiro atoms. The minimum absolute atomic E-state index is 0.449. The van der Waals surface area contributed by atoms with Crippen LogP contribution in [0.3, 0.4) is 0 Å². The lowest BCUT2D eigenvalue weighted by Gasteiger charge is -1.99. The summed E-state index contributed by atoms with van der Waals surface area (Å²) in [6, 6.07) is 6.99. The van der Waals surface area contributed by atoms with Gasteiger partial charge in [-0.3, -0.25) is 0 Å². The summed E-state index contributed by atoms with van der Waals surface area (Å²) in [4.78, 5) is 0. The van der Waals surface area contributed by atoms with Crippen LogP contribution in [0.1, 0.15) is 0 Å².